The lowest BCUT2D eigenvalue weighted by atomic mass is 10.0. The number of rotatable bonds is 3. The summed E-state index contributed by atoms with van der Waals surface area (Å²) in [6.07, 6.45) is 2.09. The van der Waals surface area contributed by atoms with Crippen LogP contribution in [0.1, 0.15) is 23.1 Å². The molecule has 2 unspecified atom stereocenters. The van der Waals surface area contributed by atoms with Crippen molar-refractivity contribution in [2.75, 3.05) is 12.4 Å². The summed E-state index contributed by atoms with van der Waals surface area (Å²) >= 11 is 0. The zero-order valence-corrected chi connectivity index (χ0v) is 15.7. The predicted molar refractivity (Wildman–Crippen MR) is 104 cm³/mol. The van der Waals surface area contributed by atoms with E-state index in [0.717, 1.165) is 0 Å². The fraction of sp³-hybridized carbons (Fsp3) is 0.263. The fourth-order valence-electron chi connectivity index (χ4n) is 3.75. The second-order valence-electron chi connectivity index (χ2n) is 6.99. The second kappa shape index (κ2) is 6.33. The van der Waals surface area contributed by atoms with Gasteiger partial charge < -0.3 is 25.9 Å². The Morgan fingerprint density at radius 3 is 2.76 bits per heavy atom. The Hall–Kier alpha value is -3.37. The van der Waals surface area contributed by atoms with E-state index in [2.05, 4.69) is 30.2 Å². The monoisotopic (exact) mass is 395 g/mol. The molecule has 0 saturated heterocycles. The molecule has 0 fully saturated rings. The van der Waals surface area contributed by atoms with Gasteiger partial charge in [-0.1, -0.05) is 0 Å². The van der Waals surface area contributed by atoms with Crippen molar-refractivity contribution in [2.24, 2.45) is 5.73 Å². The Kier molecular flexibility index (Phi) is 3.86. The van der Waals surface area contributed by atoms with Gasteiger partial charge in [0, 0.05) is 24.4 Å². The number of aliphatic hydroxyl groups is 1. The zero-order valence-electron chi connectivity index (χ0n) is 15.7. The van der Waals surface area contributed by atoms with Crippen LogP contribution in [0.15, 0.2) is 18.5 Å². The second-order valence-corrected chi connectivity index (χ2v) is 6.99. The summed E-state index contributed by atoms with van der Waals surface area (Å²) in [7, 11) is 1.71. The molecular weight excluding hydrogens is 377 g/mol. The molecule has 10 heteroatoms. The van der Waals surface area contributed by atoms with Crippen LogP contribution in [0.5, 0.6) is 11.8 Å². The average Bonchev–Trinajstić information content (AvgIpc) is 3.04. The number of benzene rings is 1. The van der Waals surface area contributed by atoms with Crippen LogP contribution in [0.2, 0.25) is 0 Å². The summed E-state index contributed by atoms with van der Waals surface area (Å²) in [6, 6.07) is 0.593. The van der Waals surface area contributed by atoms with Gasteiger partial charge in [-0.15, -0.1) is 0 Å². The van der Waals surface area contributed by atoms with Crippen molar-refractivity contribution in [3.05, 3.63) is 41.4 Å². The maximum atomic E-state index is 14.8. The third-order valence-electron chi connectivity index (χ3n) is 5.17. The number of nitrogens with zero attached hydrogens (tertiary/aromatic N) is 4. The minimum atomic E-state index is -1.01. The number of aliphatic hydroxyl groups excluding tert-OH is 1. The number of ether oxygens (including phenoxy) is 1. The molecular formula is C19H18FN7O2. The molecule has 148 valence electrons. The van der Waals surface area contributed by atoms with E-state index in [9.17, 15) is 9.50 Å². The van der Waals surface area contributed by atoms with Crippen LogP contribution in [0.4, 0.5) is 10.1 Å². The maximum absolute atomic E-state index is 14.8. The van der Waals surface area contributed by atoms with Crippen LogP contribution in [0, 0.1) is 12.7 Å². The highest BCUT2D eigenvalue weighted by Gasteiger charge is 2.32. The van der Waals surface area contributed by atoms with Crippen molar-refractivity contribution in [1.29, 1.82) is 0 Å². The highest BCUT2D eigenvalue weighted by atomic mass is 19.1. The molecule has 5 rings (SSSR count). The van der Waals surface area contributed by atoms with Crippen molar-refractivity contribution in [2.45, 2.75) is 25.5 Å². The van der Waals surface area contributed by atoms with Crippen molar-refractivity contribution >= 4 is 27.6 Å². The van der Waals surface area contributed by atoms with Crippen molar-refractivity contribution < 1.29 is 14.2 Å². The molecule has 3 aromatic heterocycles. The molecule has 5 N–H and O–H groups in total. The Bertz CT molecular complexity index is 1260. The molecule has 0 saturated carbocycles. The van der Waals surface area contributed by atoms with Gasteiger partial charge in [0.2, 0.25) is 0 Å². The molecule has 0 bridgehead atoms. The van der Waals surface area contributed by atoms with E-state index in [4.69, 9.17) is 10.5 Å². The van der Waals surface area contributed by atoms with Crippen LogP contribution in [-0.4, -0.2) is 43.2 Å². The lowest BCUT2D eigenvalue weighted by Gasteiger charge is -2.17. The van der Waals surface area contributed by atoms with E-state index in [1.807, 2.05) is 0 Å². The standard InChI is InChI=1S/C19H18FN7O2/c1-7-23-5-8(6-24-7)29-19-26-17-14-13-9(3-12(28)15(17)21)10(20)4-11(22-2)16(13)25-18(14)27-19/h4-6,12,15,22,28H,3,21H2,1-2H3,(H,25,26,27). The Morgan fingerprint density at radius 2 is 2.03 bits per heavy atom. The first-order valence-corrected chi connectivity index (χ1v) is 9.09. The van der Waals surface area contributed by atoms with Crippen LogP contribution in [-0.2, 0) is 6.42 Å². The van der Waals surface area contributed by atoms with Crippen molar-refractivity contribution in [3.8, 4) is 11.8 Å². The third kappa shape index (κ3) is 2.68. The highest BCUT2D eigenvalue weighted by Crippen LogP contribution is 2.41. The molecule has 1 aliphatic rings. The molecule has 1 aliphatic carbocycles. The zero-order chi connectivity index (χ0) is 20.3. The fourth-order valence-corrected chi connectivity index (χ4v) is 3.75. The summed E-state index contributed by atoms with van der Waals surface area (Å²) in [4.78, 5) is 20.3. The Morgan fingerprint density at radius 1 is 1.28 bits per heavy atom. The number of nitrogens with two attached hydrogens (primary N) is 1. The van der Waals surface area contributed by atoms with Crippen LogP contribution >= 0.6 is 0 Å². The Balaban J connectivity index is 1.78. The molecule has 3 heterocycles. The third-order valence-corrected chi connectivity index (χ3v) is 5.17. The van der Waals surface area contributed by atoms with E-state index >= 15 is 0 Å². The summed E-state index contributed by atoms with van der Waals surface area (Å²) in [5, 5.41) is 14.8. The largest absolute Gasteiger partial charge is 0.421 e. The highest BCUT2D eigenvalue weighted by molar-refractivity contribution is 6.13. The SMILES string of the molecule is CNc1cc(F)c2c3c1[nH]c1nc(Oc4cnc(C)nc4)nc(c13)C(N)C(O)C2. The average molecular weight is 395 g/mol. The molecule has 4 aromatic rings. The minimum absolute atomic E-state index is 0.0316. The first-order valence-electron chi connectivity index (χ1n) is 9.09. The van der Waals surface area contributed by atoms with Gasteiger partial charge in [0.15, 0.2) is 5.75 Å². The van der Waals surface area contributed by atoms with Gasteiger partial charge in [0.05, 0.1) is 46.8 Å². The molecule has 0 spiro atoms. The summed E-state index contributed by atoms with van der Waals surface area (Å²) < 4.78 is 20.5. The van der Waals surface area contributed by atoms with E-state index in [1.54, 1.807) is 14.0 Å². The topological polar surface area (TPSA) is 135 Å². The van der Waals surface area contributed by atoms with Gasteiger partial charge in [-0.3, -0.25) is 0 Å². The lowest BCUT2D eigenvalue weighted by Crippen LogP contribution is -2.28. The minimum Gasteiger partial charge on any atom is -0.421 e. The number of aromatic nitrogens is 5. The molecule has 29 heavy (non-hydrogen) atoms. The van der Waals surface area contributed by atoms with E-state index in [0.29, 0.717) is 50.5 Å². The number of anilines is 1. The quantitative estimate of drug-likeness (QED) is 0.414. The van der Waals surface area contributed by atoms with Gasteiger partial charge >= 0.3 is 6.01 Å². The van der Waals surface area contributed by atoms with E-state index in [-0.39, 0.29) is 12.4 Å². The van der Waals surface area contributed by atoms with Crippen LogP contribution < -0.4 is 15.8 Å². The molecule has 0 amide bonds. The number of hydrogen-bond donors (Lipinski definition) is 4. The van der Waals surface area contributed by atoms with Gasteiger partial charge in [-0.05, 0) is 13.0 Å². The number of aromatic amines is 1. The number of halogens is 1. The lowest BCUT2D eigenvalue weighted by molar-refractivity contribution is 0.143. The normalized spacial score (nSPS) is 18.4. The smallest absolute Gasteiger partial charge is 0.324 e. The maximum Gasteiger partial charge on any atom is 0.324 e. The first kappa shape index (κ1) is 17.7. The molecule has 0 radical (unpaired) electrons. The first-order chi connectivity index (χ1) is 14.0. The van der Waals surface area contributed by atoms with Crippen LogP contribution in [0.3, 0.4) is 0 Å². The molecule has 1 aromatic carbocycles. The van der Waals surface area contributed by atoms with Crippen molar-refractivity contribution in [3.63, 3.8) is 0 Å². The predicted octanol–water partition coefficient (Wildman–Crippen LogP) is 2.10. The van der Waals surface area contributed by atoms with Crippen LogP contribution in [0.25, 0.3) is 21.9 Å². The number of hydrogen-bond acceptors (Lipinski definition) is 8. The van der Waals surface area contributed by atoms with Gasteiger partial charge in [-0.2, -0.15) is 9.97 Å². The number of nitrogens with one attached hydrogen (secondary N) is 2. The summed E-state index contributed by atoms with van der Waals surface area (Å²) in [5.74, 6) is 0.554. The number of aryl methyl sites for hydroxylation is 1. The Labute approximate surface area is 164 Å². The van der Waals surface area contributed by atoms with E-state index in [1.165, 1.54) is 18.5 Å². The number of H-pyrrole nitrogens is 1. The molecule has 9 nitrogen and oxygen atoms in total. The van der Waals surface area contributed by atoms with Crippen molar-refractivity contribution in [1.82, 2.24) is 24.9 Å². The van der Waals surface area contributed by atoms with Gasteiger partial charge in [0.25, 0.3) is 0 Å². The summed E-state index contributed by atoms with van der Waals surface area (Å²) in [6.45, 7) is 1.76. The van der Waals surface area contributed by atoms with Gasteiger partial charge in [-0.25, -0.2) is 14.4 Å². The summed E-state index contributed by atoms with van der Waals surface area (Å²) in [5.41, 5.74) is 8.75. The van der Waals surface area contributed by atoms with E-state index < -0.39 is 18.0 Å². The molecule has 0 aliphatic heterocycles. The van der Waals surface area contributed by atoms with Gasteiger partial charge in [0.1, 0.15) is 17.3 Å². The molecule has 2 atom stereocenters.